The Morgan fingerprint density at radius 2 is 2.06 bits per heavy atom. The maximum absolute atomic E-state index is 3.42. The molecular weight excluding hydrogens is 232 g/mol. The molecule has 1 heterocycles. The molecule has 1 aromatic carbocycles. The topological polar surface area (TPSA) is 15.3 Å². The molecule has 0 spiro atoms. The minimum atomic E-state index is 0. The molecular formula is C14H23ClN2. The van der Waals surface area contributed by atoms with Gasteiger partial charge in [-0.1, -0.05) is 18.2 Å². The summed E-state index contributed by atoms with van der Waals surface area (Å²) < 4.78 is 0. The summed E-state index contributed by atoms with van der Waals surface area (Å²) in [5, 5.41) is 3.42. The summed E-state index contributed by atoms with van der Waals surface area (Å²) in [6.45, 7) is 7.73. The monoisotopic (exact) mass is 254 g/mol. The highest BCUT2D eigenvalue weighted by atomic mass is 35.5. The Balaban J connectivity index is 0.00000144. The predicted octanol–water partition coefficient (Wildman–Crippen LogP) is 2.52. The molecule has 0 saturated carbocycles. The van der Waals surface area contributed by atoms with Gasteiger partial charge in [0.05, 0.1) is 0 Å². The van der Waals surface area contributed by atoms with Gasteiger partial charge < -0.3 is 5.32 Å². The van der Waals surface area contributed by atoms with E-state index in [1.165, 1.54) is 29.7 Å². The molecule has 1 fully saturated rings. The van der Waals surface area contributed by atoms with Crippen LogP contribution in [0.4, 0.5) is 0 Å². The summed E-state index contributed by atoms with van der Waals surface area (Å²) in [5.41, 5.74) is 4.21. The van der Waals surface area contributed by atoms with Crippen molar-refractivity contribution in [2.75, 3.05) is 20.1 Å². The highest BCUT2D eigenvalue weighted by molar-refractivity contribution is 5.85. The van der Waals surface area contributed by atoms with Gasteiger partial charge >= 0.3 is 0 Å². The quantitative estimate of drug-likeness (QED) is 0.892. The molecule has 3 heteroatoms. The fraction of sp³-hybridized carbons (Fsp3) is 0.571. The second kappa shape index (κ2) is 6.39. The number of rotatable bonds is 3. The van der Waals surface area contributed by atoms with E-state index in [9.17, 15) is 0 Å². The summed E-state index contributed by atoms with van der Waals surface area (Å²) in [4.78, 5) is 2.46. The number of benzene rings is 1. The number of halogens is 1. The van der Waals surface area contributed by atoms with Gasteiger partial charge in [0.2, 0.25) is 0 Å². The molecule has 0 bridgehead atoms. The van der Waals surface area contributed by atoms with Crippen LogP contribution in [0.5, 0.6) is 0 Å². The normalized spacial score (nSPS) is 19.4. The molecule has 1 aliphatic rings. The van der Waals surface area contributed by atoms with Gasteiger partial charge in [-0.25, -0.2) is 0 Å². The molecule has 1 atom stereocenters. The highest BCUT2D eigenvalue weighted by Gasteiger charge is 2.18. The summed E-state index contributed by atoms with van der Waals surface area (Å²) in [6.07, 6.45) is 1.28. The number of hydrogen-bond donors (Lipinski definition) is 1. The Bertz CT molecular complexity index is 359. The van der Waals surface area contributed by atoms with Crippen molar-refractivity contribution in [3.8, 4) is 0 Å². The molecule has 2 nitrogen and oxygen atoms in total. The average molecular weight is 255 g/mol. The zero-order valence-corrected chi connectivity index (χ0v) is 11.8. The molecule has 1 aliphatic heterocycles. The first-order valence-corrected chi connectivity index (χ1v) is 6.14. The number of aryl methyl sites for hydroxylation is 2. The second-order valence-electron chi connectivity index (χ2n) is 4.98. The van der Waals surface area contributed by atoms with Crippen LogP contribution in [-0.2, 0) is 6.54 Å². The van der Waals surface area contributed by atoms with E-state index in [2.05, 4.69) is 49.3 Å². The zero-order valence-electron chi connectivity index (χ0n) is 11.0. The van der Waals surface area contributed by atoms with Gasteiger partial charge in [-0.15, -0.1) is 12.4 Å². The fourth-order valence-corrected chi connectivity index (χ4v) is 2.33. The van der Waals surface area contributed by atoms with Crippen molar-refractivity contribution >= 4 is 12.4 Å². The standard InChI is InChI=1S/C14H22N2.ClH/c1-11-4-5-13(8-12(11)2)10-16(3)14-6-7-15-9-14;/h4-5,8,14-15H,6-7,9-10H2,1-3H3;1H. The number of likely N-dealkylation sites (N-methyl/N-ethyl adjacent to an activating group) is 1. The zero-order chi connectivity index (χ0) is 11.5. The first-order chi connectivity index (χ1) is 7.66. The van der Waals surface area contributed by atoms with Crippen LogP contribution < -0.4 is 5.32 Å². The Morgan fingerprint density at radius 3 is 2.65 bits per heavy atom. The first kappa shape index (κ1) is 14.5. The minimum absolute atomic E-state index is 0. The van der Waals surface area contributed by atoms with Crippen molar-refractivity contribution in [3.63, 3.8) is 0 Å². The van der Waals surface area contributed by atoms with Gasteiger partial charge in [-0.2, -0.15) is 0 Å². The van der Waals surface area contributed by atoms with E-state index in [4.69, 9.17) is 0 Å². The van der Waals surface area contributed by atoms with Crippen molar-refractivity contribution < 1.29 is 0 Å². The van der Waals surface area contributed by atoms with Crippen LogP contribution in [0.15, 0.2) is 18.2 Å². The Kier molecular flexibility index (Phi) is 5.44. The molecule has 1 unspecified atom stereocenters. The van der Waals surface area contributed by atoms with Crippen molar-refractivity contribution in [2.45, 2.75) is 32.9 Å². The van der Waals surface area contributed by atoms with Crippen LogP contribution in [0, 0.1) is 13.8 Å². The lowest BCUT2D eigenvalue weighted by atomic mass is 10.1. The van der Waals surface area contributed by atoms with E-state index in [1.54, 1.807) is 0 Å². The van der Waals surface area contributed by atoms with Crippen LogP contribution >= 0.6 is 12.4 Å². The van der Waals surface area contributed by atoms with E-state index < -0.39 is 0 Å². The van der Waals surface area contributed by atoms with E-state index in [0.717, 1.165) is 13.1 Å². The Hall–Kier alpha value is -0.570. The number of nitrogens with zero attached hydrogens (tertiary/aromatic N) is 1. The van der Waals surface area contributed by atoms with Gasteiger partial charge in [0.25, 0.3) is 0 Å². The van der Waals surface area contributed by atoms with Crippen LogP contribution in [-0.4, -0.2) is 31.1 Å². The van der Waals surface area contributed by atoms with E-state index >= 15 is 0 Å². The fourth-order valence-electron chi connectivity index (χ4n) is 2.33. The third-order valence-corrected chi connectivity index (χ3v) is 3.66. The van der Waals surface area contributed by atoms with Crippen LogP contribution in [0.3, 0.4) is 0 Å². The SMILES string of the molecule is Cc1ccc(CN(C)C2CCNC2)cc1C.Cl. The van der Waals surface area contributed by atoms with Gasteiger partial charge in [0.1, 0.15) is 0 Å². The van der Waals surface area contributed by atoms with Crippen molar-refractivity contribution in [1.29, 1.82) is 0 Å². The Labute approximate surface area is 111 Å². The van der Waals surface area contributed by atoms with Crippen LogP contribution in [0.1, 0.15) is 23.1 Å². The Morgan fingerprint density at radius 1 is 1.29 bits per heavy atom. The molecule has 1 saturated heterocycles. The van der Waals surface area contributed by atoms with E-state index in [1.807, 2.05) is 0 Å². The molecule has 2 rings (SSSR count). The molecule has 1 aromatic rings. The summed E-state index contributed by atoms with van der Waals surface area (Å²) in [7, 11) is 2.23. The number of hydrogen-bond acceptors (Lipinski definition) is 2. The highest BCUT2D eigenvalue weighted by Crippen LogP contribution is 2.14. The molecule has 0 aromatic heterocycles. The molecule has 0 aliphatic carbocycles. The average Bonchev–Trinajstić information content (AvgIpc) is 2.77. The molecule has 0 amide bonds. The van der Waals surface area contributed by atoms with Crippen LogP contribution in [0.25, 0.3) is 0 Å². The lowest BCUT2D eigenvalue weighted by Gasteiger charge is -2.23. The smallest absolute Gasteiger partial charge is 0.0234 e. The van der Waals surface area contributed by atoms with Gasteiger partial charge in [-0.3, -0.25) is 4.90 Å². The largest absolute Gasteiger partial charge is 0.315 e. The summed E-state index contributed by atoms with van der Waals surface area (Å²) >= 11 is 0. The van der Waals surface area contributed by atoms with Crippen molar-refractivity contribution in [1.82, 2.24) is 10.2 Å². The third-order valence-electron chi connectivity index (χ3n) is 3.66. The molecule has 96 valence electrons. The number of nitrogens with one attached hydrogen (secondary N) is 1. The summed E-state index contributed by atoms with van der Waals surface area (Å²) in [6, 6.07) is 7.50. The first-order valence-electron chi connectivity index (χ1n) is 6.14. The summed E-state index contributed by atoms with van der Waals surface area (Å²) in [5.74, 6) is 0. The molecule has 17 heavy (non-hydrogen) atoms. The predicted molar refractivity (Wildman–Crippen MR) is 75.9 cm³/mol. The molecule has 0 radical (unpaired) electrons. The van der Waals surface area contributed by atoms with Crippen LogP contribution in [0.2, 0.25) is 0 Å². The van der Waals surface area contributed by atoms with E-state index in [-0.39, 0.29) is 12.4 Å². The van der Waals surface area contributed by atoms with Crippen molar-refractivity contribution in [2.24, 2.45) is 0 Å². The van der Waals surface area contributed by atoms with Gasteiger partial charge in [0.15, 0.2) is 0 Å². The second-order valence-corrected chi connectivity index (χ2v) is 4.98. The molecule has 1 N–H and O–H groups in total. The lowest BCUT2D eigenvalue weighted by Crippen LogP contribution is -2.32. The third kappa shape index (κ3) is 3.70. The van der Waals surface area contributed by atoms with Gasteiger partial charge in [-0.05, 0) is 50.6 Å². The van der Waals surface area contributed by atoms with E-state index in [0.29, 0.717) is 6.04 Å². The minimum Gasteiger partial charge on any atom is -0.315 e. The van der Waals surface area contributed by atoms with Gasteiger partial charge in [0, 0.05) is 19.1 Å². The lowest BCUT2D eigenvalue weighted by molar-refractivity contribution is 0.249. The van der Waals surface area contributed by atoms with Crippen molar-refractivity contribution in [3.05, 3.63) is 34.9 Å². The maximum atomic E-state index is 3.42. The maximum Gasteiger partial charge on any atom is 0.0234 e.